The van der Waals surface area contributed by atoms with E-state index in [-0.39, 0.29) is 18.6 Å². The second-order valence-corrected chi connectivity index (χ2v) is 9.47. The molecule has 1 unspecified atom stereocenters. The van der Waals surface area contributed by atoms with Crippen molar-refractivity contribution in [2.45, 2.75) is 46.1 Å². The van der Waals surface area contributed by atoms with Crippen LogP contribution in [0.4, 0.5) is 0 Å². The first-order valence-corrected chi connectivity index (χ1v) is 12.9. The number of Topliss-reactive ketones (excluding diaryl/α,β-unsaturated/α-hetero) is 1. The number of oxazole rings is 1. The number of aromatic nitrogens is 1. The Morgan fingerprint density at radius 3 is 2.36 bits per heavy atom. The molecular formula is C32H32N2O5. The van der Waals surface area contributed by atoms with Crippen LogP contribution in [0.15, 0.2) is 88.3 Å². The third-order valence-electron chi connectivity index (χ3n) is 6.35. The molecule has 0 saturated heterocycles. The summed E-state index contributed by atoms with van der Waals surface area (Å²) in [6.07, 6.45) is 0.894. The zero-order valence-electron chi connectivity index (χ0n) is 22.4. The van der Waals surface area contributed by atoms with Crippen LogP contribution in [0.1, 0.15) is 46.3 Å². The van der Waals surface area contributed by atoms with E-state index in [1.165, 1.54) is 0 Å². The minimum absolute atomic E-state index is 0.0808. The topological polar surface area (TPSA) is 102 Å². The van der Waals surface area contributed by atoms with Crippen molar-refractivity contribution in [3.8, 4) is 17.2 Å². The van der Waals surface area contributed by atoms with Gasteiger partial charge in [0, 0.05) is 36.1 Å². The number of hydrogen-bond donors (Lipinski definition) is 1. The number of hydrogen-bond acceptors (Lipinski definition) is 6. The molecule has 0 spiro atoms. The van der Waals surface area contributed by atoms with E-state index >= 15 is 0 Å². The molecule has 0 aliphatic heterocycles. The van der Waals surface area contributed by atoms with Gasteiger partial charge in [0.2, 0.25) is 5.89 Å². The van der Waals surface area contributed by atoms with E-state index in [0.717, 1.165) is 33.9 Å². The van der Waals surface area contributed by atoms with Crippen molar-refractivity contribution in [2.24, 2.45) is 4.99 Å². The van der Waals surface area contributed by atoms with Crippen molar-refractivity contribution in [1.82, 2.24) is 4.98 Å². The van der Waals surface area contributed by atoms with E-state index in [1.807, 2.05) is 68.4 Å². The minimum Gasteiger partial charge on any atom is -0.493 e. The van der Waals surface area contributed by atoms with Crippen LogP contribution >= 0.6 is 0 Å². The first-order chi connectivity index (χ1) is 18.8. The Morgan fingerprint density at radius 2 is 1.69 bits per heavy atom. The molecule has 0 aliphatic rings. The van der Waals surface area contributed by atoms with Crippen LogP contribution in [0.5, 0.6) is 5.75 Å². The van der Waals surface area contributed by atoms with Crippen molar-refractivity contribution < 1.29 is 23.8 Å². The number of benzene rings is 3. The summed E-state index contributed by atoms with van der Waals surface area (Å²) < 4.78 is 11.8. The van der Waals surface area contributed by atoms with Gasteiger partial charge in [0.05, 0.1) is 12.3 Å². The number of aliphatic carboxylic acids is 1. The third-order valence-corrected chi connectivity index (χ3v) is 6.35. The van der Waals surface area contributed by atoms with Crippen LogP contribution in [-0.2, 0) is 17.6 Å². The highest BCUT2D eigenvalue weighted by Crippen LogP contribution is 2.24. The van der Waals surface area contributed by atoms with E-state index in [0.29, 0.717) is 30.2 Å². The van der Waals surface area contributed by atoms with Gasteiger partial charge in [0.1, 0.15) is 11.5 Å². The molecule has 1 N–H and O–H groups in total. The lowest BCUT2D eigenvalue weighted by Gasteiger charge is -2.13. The molecule has 0 aliphatic carbocycles. The van der Waals surface area contributed by atoms with Gasteiger partial charge in [-0.2, -0.15) is 0 Å². The van der Waals surface area contributed by atoms with Gasteiger partial charge in [0.25, 0.3) is 0 Å². The number of aryl methyl sites for hydroxylation is 2. The van der Waals surface area contributed by atoms with Gasteiger partial charge < -0.3 is 14.3 Å². The average Bonchev–Trinajstić information content (AvgIpc) is 3.30. The molecule has 0 fully saturated rings. The summed E-state index contributed by atoms with van der Waals surface area (Å²) in [5, 5.41) is 9.75. The molecular weight excluding hydrogens is 492 g/mol. The molecule has 39 heavy (non-hydrogen) atoms. The van der Waals surface area contributed by atoms with Crippen LogP contribution in [0.3, 0.4) is 0 Å². The lowest BCUT2D eigenvalue weighted by atomic mass is 10.0. The summed E-state index contributed by atoms with van der Waals surface area (Å²) in [7, 11) is 0. The summed E-state index contributed by atoms with van der Waals surface area (Å²) in [6.45, 7) is 5.95. The largest absolute Gasteiger partial charge is 0.493 e. The van der Waals surface area contributed by atoms with Crippen LogP contribution < -0.4 is 4.74 Å². The maximum atomic E-state index is 12.5. The van der Waals surface area contributed by atoms with E-state index in [2.05, 4.69) is 9.98 Å². The third kappa shape index (κ3) is 7.51. The first kappa shape index (κ1) is 27.5. The second-order valence-electron chi connectivity index (χ2n) is 9.47. The zero-order chi connectivity index (χ0) is 27.8. The van der Waals surface area contributed by atoms with Crippen LogP contribution in [0.2, 0.25) is 0 Å². The van der Waals surface area contributed by atoms with E-state index in [1.54, 1.807) is 31.2 Å². The molecule has 7 heteroatoms. The predicted molar refractivity (Wildman–Crippen MR) is 151 cm³/mol. The normalized spacial score (nSPS) is 12.2. The maximum absolute atomic E-state index is 12.5. The molecule has 0 radical (unpaired) electrons. The number of aliphatic imine (C=N–C) groups is 1. The number of carboxylic acids is 1. The number of rotatable bonds is 12. The van der Waals surface area contributed by atoms with Crippen molar-refractivity contribution >= 4 is 17.5 Å². The number of ketones is 1. The number of nitrogens with zero attached hydrogens (tertiary/aromatic N) is 2. The smallest absolute Gasteiger partial charge is 0.328 e. The highest BCUT2D eigenvalue weighted by molar-refractivity contribution is 6.09. The summed E-state index contributed by atoms with van der Waals surface area (Å²) in [6, 6.07) is 23.3. The summed E-state index contributed by atoms with van der Waals surface area (Å²) >= 11 is 0. The number of carbonyl (C=O) groups excluding carboxylic acids is 1. The Bertz CT molecular complexity index is 1460. The molecule has 0 saturated carbocycles. The van der Waals surface area contributed by atoms with Crippen LogP contribution in [-0.4, -0.2) is 40.2 Å². The maximum Gasteiger partial charge on any atom is 0.328 e. The molecule has 4 aromatic rings. The predicted octanol–water partition coefficient (Wildman–Crippen LogP) is 6.31. The summed E-state index contributed by atoms with van der Waals surface area (Å²) in [5.74, 6) is 0.973. The molecule has 0 bridgehead atoms. The fraction of sp³-hybridized carbons (Fsp3) is 0.250. The lowest BCUT2D eigenvalue weighted by Crippen LogP contribution is -2.23. The SMILES string of the molecule is CC(CC(=O)c1ccccc1)=NC(Cc1ccc(OCCc2nc(-c3ccccc3)oc2C)c(C)c1)C(=O)O. The van der Waals surface area contributed by atoms with Gasteiger partial charge in [-0.25, -0.2) is 9.78 Å². The Morgan fingerprint density at radius 1 is 1.00 bits per heavy atom. The minimum atomic E-state index is -1.03. The monoisotopic (exact) mass is 524 g/mol. The standard InChI is InChI=1S/C32H32N2O5/c1-21-18-24(20-28(32(36)37)33-22(2)19-29(35)25-10-6-4-7-11-25)14-15-30(21)38-17-16-27-23(3)39-31(34-27)26-12-8-5-9-13-26/h4-15,18,28H,16-17,19-20H2,1-3H3,(H,36,37). The number of ether oxygens (including phenoxy) is 1. The Hall–Kier alpha value is -4.52. The Kier molecular flexibility index (Phi) is 9.05. The molecule has 1 heterocycles. The highest BCUT2D eigenvalue weighted by atomic mass is 16.5. The Labute approximate surface area is 228 Å². The fourth-order valence-electron chi connectivity index (χ4n) is 4.30. The highest BCUT2D eigenvalue weighted by Gasteiger charge is 2.19. The van der Waals surface area contributed by atoms with Gasteiger partial charge in [-0.1, -0.05) is 60.7 Å². The van der Waals surface area contributed by atoms with Crippen molar-refractivity contribution in [2.75, 3.05) is 6.61 Å². The quantitative estimate of drug-likeness (QED) is 0.172. The molecule has 4 rings (SSSR count). The Balaban J connectivity index is 1.35. The number of carbonyl (C=O) groups is 2. The molecule has 3 aromatic carbocycles. The molecule has 0 amide bonds. The average molecular weight is 525 g/mol. The van der Waals surface area contributed by atoms with E-state index < -0.39 is 12.0 Å². The van der Waals surface area contributed by atoms with Gasteiger partial charge in [-0.05, 0) is 50.1 Å². The molecule has 1 aromatic heterocycles. The van der Waals surface area contributed by atoms with Gasteiger partial charge in [0.15, 0.2) is 11.8 Å². The molecule has 1 atom stereocenters. The van der Waals surface area contributed by atoms with Crippen LogP contribution in [0.25, 0.3) is 11.5 Å². The van der Waals surface area contributed by atoms with Crippen molar-refractivity contribution in [3.63, 3.8) is 0 Å². The van der Waals surface area contributed by atoms with Gasteiger partial charge >= 0.3 is 5.97 Å². The van der Waals surface area contributed by atoms with Crippen LogP contribution in [0, 0.1) is 13.8 Å². The van der Waals surface area contributed by atoms with E-state index in [4.69, 9.17) is 9.15 Å². The lowest BCUT2D eigenvalue weighted by molar-refractivity contribution is -0.138. The fourth-order valence-corrected chi connectivity index (χ4v) is 4.30. The molecule has 7 nitrogen and oxygen atoms in total. The van der Waals surface area contributed by atoms with Gasteiger partial charge in [-0.15, -0.1) is 0 Å². The second kappa shape index (κ2) is 12.8. The molecule has 200 valence electrons. The number of carboxylic acid groups (broad SMARTS) is 1. The summed E-state index contributed by atoms with van der Waals surface area (Å²) in [4.78, 5) is 33.3. The van der Waals surface area contributed by atoms with E-state index in [9.17, 15) is 14.7 Å². The zero-order valence-corrected chi connectivity index (χ0v) is 22.4. The van der Waals surface area contributed by atoms with Gasteiger partial charge in [-0.3, -0.25) is 9.79 Å². The van der Waals surface area contributed by atoms with Crippen molar-refractivity contribution in [1.29, 1.82) is 0 Å². The first-order valence-electron chi connectivity index (χ1n) is 12.9. The van der Waals surface area contributed by atoms with Crippen molar-refractivity contribution in [3.05, 3.63) is 107 Å². The summed E-state index contributed by atoms with van der Waals surface area (Å²) in [5.41, 5.74) is 4.59.